The Hall–Kier alpha value is -2.73. The monoisotopic (exact) mass is 426 g/mol. The molecule has 6 heteroatoms. The number of allylic oxidation sites excluding steroid dienone is 1. The van der Waals surface area contributed by atoms with Crippen LogP contribution in [-0.2, 0) is 15.3 Å². The van der Waals surface area contributed by atoms with Crippen molar-refractivity contribution in [1.82, 2.24) is 5.32 Å². The molecule has 5 nitrogen and oxygen atoms in total. The highest BCUT2D eigenvalue weighted by atomic mass is 32.2. The summed E-state index contributed by atoms with van der Waals surface area (Å²) >= 11 is 1.62. The fourth-order valence-electron chi connectivity index (χ4n) is 2.53. The van der Waals surface area contributed by atoms with Crippen molar-refractivity contribution in [2.75, 3.05) is 19.0 Å². The zero-order chi connectivity index (χ0) is 22.1. The van der Waals surface area contributed by atoms with E-state index in [1.165, 1.54) is 0 Å². The van der Waals surface area contributed by atoms with Crippen molar-refractivity contribution in [2.45, 2.75) is 38.3 Å². The molecule has 0 atom stereocenters. The van der Waals surface area contributed by atoms with Crippen LogP contribution in [0.5, 0.6) is 0 Å². The summed E-state index contributed by atoms with van der Waals surface area (Å²) in [5, 5.41) is 5.87. The van der Waals surface area contributed by atoms with E-state index in [1.54, 1.807) is 24.9 Å². The first-order valence-corrected chi connectivity index (χ1v) is 10.8. The zero-order valence-electron chi connectivity index (χ0n) is 18.2. The molecule has 0 saturated carbocycles. The standard InChI is InChI=1S/C24H30N2O3S/c1-6-19(29-5)15-25-22(27)18-11-9-10-17(14-18)16-30-21-13-8-7-12-20(21)26-23(28)24(2,3)4/h6-14H,15-16H2,1-5H3,(H,25,27)(H,26,28)/b19-6-. The quantitative estimate of drug-likeness (QED) is 0.447. The maximum absolute atomic E-state index is 12.4. The highest BCUT2D eigenvalue weighted by molar-refractivity contribution is 7.98. The molecule has 30 heavy (non-hydrogen) atoms. The minimum atomic E-state index is -0.463. The Morgan fingerprint density at radius 3 is 2.50 bits per heavy atom. The molecule has 0 aliphatic heterocycles. The van der Waals surface area contributed by atoms with Gasteiger partial charge in [-0.3, -0.25) is 9.59 Å². The SMILES string of the molecule is C/C=C(/CNC(=O)c1cccc(CSc2ccccc2NC(=O)C(C)(C)C)c1)OC. The Labute approximate surface area is 183 Å². The number of para-hydroxylation sites is 1. The number of thioether (sulfide) groups is 1. The summed E-state index contributed by atoms with van der Waals surface area (Å²) < 4.78 is 5.17. The second kappa shape index (κ2) is 10.9. The van der Waals surface area contributed by atoms with Gasteiger partial charge in [-0.25, -0.2) is 0 Å². The first-order chi connectivity index (χ1) is 14.2. The molecule has 0 spiro atoms. The predicted octanol–water partition coefficient (Wildman–Crippen LogP) is 5.24. The van der Waals surface area contributed by atoms with Gasteiger partial charge in [0.15, 0.2) is 0 Å². The van der Waals surface area contributed by atoms with Gasteiger partial charge in [-0.1, -0.05) is 45.0 Å². The number of carbonyl (C=O) groups excluding carboxylic acids is 2. The highest BCUT2D eigenvalue weighted by Gasteiger charge is 2.22. The fourth-order valence-corrected chi connectivity index (χ4v) is 3.48. The van der Waals surface area contributed by atoms with Crippen LogP contribution in [-0.4, -0.2) is 25.5 Å². The van der Waals surface area contributed by atoms with Crippen molar-refractivity contribution in [3.63, 3.8) is 0 Å². The van der Waals surface area contributed by atoms with Crippen LogP contribution in [0.1, 0.15) is 43.6 Å². The Morgan fingerprint density at radius 2 is 1.83 bits per heavy atom. The number of benzene rings is 2. The largest absolute Gasteiger partial charge is 0.500 e. The number of hydrogen-bond donors (Lipinski definition) is 2. The van der Waals surface area contributed by atoms with Crippen molar-refractivity contribution in [3.05, 3.63) is 71.5 Å². The average molecular weight is 427 g/mol. The maximum atomic E-state index is 12.4. The van der Waals surface area contributed by atoms with Gasteiger partial charge in [0.2, 0.25) is 5.91 Å². The summed E-state index contributed by atoms with van der Waals surface area (Å²) in [5.41, 5.74) is 1.97. The number of amides is 2. The van der Waals surface area contributed by atoms with Crippen LogP contribution in [0.3, 0.4) is 0 Å². The van der Waals surface area contributed by atoms with Gasteiger partial charge in [-0.2, -0.15) is 0 Å². The topological polar surface area (TPSA) is 67.4 Å². The Balaban J connectivity index is 2.04. The first kappa shape index (κ1) is 23.5. The Morgan fingerprint density at radius 1 is 1.10 bits per heavy atom. The molecule has 2 aromatic rings. The van der Waals surface area contributed by atoms with Crippen LogP contribution in [0.25, 0.3) is 0 Å². The molecule has 2 rings (SSSR count). The zero-order valence-corrected chi connectivity index (χ0v) is 19.1. The molecular weight excluding hydrogens is 396 g/mol. The molecule has 0 heterocycles. The van der Waals surface area contributed by atoms with Crippen LogP contribution in [0.2, 0.25) is 0 Å². The van der Waals surface area contributed by atoms with Gasteiger partial charge in [-0.05, 0) is 42.8 Å². The van der Waals surface area contributed by atoms with Gasteiger partial charge < -0.3 is 15.4 Å². The summed E-state index contributed by atoms with van der Waals surface area (Å²) in [7, 11) is 1.58. The van der Waals surface area contributed by atoms with Gasteiger partial charge in [-0.15, -0.1) is 11.8 Å². The molecule has 2 N–H and O–H groups in total. The molecule has 0 unspecified atom stereocenters. The molecule has 0 aromatic heterocycles. The van der Waals surface area contributed by atoms with E-state index in [4.69, 9.17) is 4.74 Å². The molecule has 0 fully saturated rings. The number of methoxy groups -OCH3 is 1. The van der Waals surface area contributed by atoms with Gasteiger partial charge in [0.25, 0.3) is 5.91 Å². The lowest BCUT2D eigenvalue weighted by Crippen LogP contribution is -2.27. The second-order valence-electron chi connectivity index (χ2n) is 7.83. The van der Waals surface area contributed by atoms with Crippen LogP contribution in [0.15, 0.2) is 65.3 Å². The van der Waals surface area contributed by atoms with Crippen LogP contribution >= 0.6 is 11.8 Å². The van der Waals surface area contributed by atoms with Crippen LogP contribution in [0, 0.1) is 5.41 Å². The number of anilines is 1. The van der Waals surface area contributed by atoms with E-state index in [0.29, 0.717) is 23.6 Å². The first-order valence-electron chi connectivity index (χ1n) is 9.84. The molecule has 0 saturated heterocycles. The third kappa shape index (κ3) is 6.95. The molecule has 0 radical (unpaired) electrons. The van der Waals surface area contributed by atoms with E-state index in [1.807, 2.05) is 76.2 Å². The maximum Gasteiger partial charge on any atom is 0.251 e. The van der Waals surface area contributed by atoms with E-state index in [-0.39, 0.29) is 11.8 Å². The van der Waals surface area contributed by atoms with Gasteiger partial charge in [0, 0.05) is 21.6 Å². The van der Waals surface area contributed by atoms with Crippen LogP contribution < -0.4 is 10.6 Å². The van der Waals surface area contributed by atoms with E-state index in [9.17, 15) is 9.59 Å². The van der Waals surface area contributed by atoms with E-state index >= 15 is 0 Å². The lowest BCUT2D eigenvalue weighted by molar-refractivity contribution is -0.123. The Kier molecular flexibility index (Phi) is 8.54. The molecule has 2 aromatic carbocycles. The third-order valence-electron chi connectivity index (χ3n) is 4.41. The number of ether oxygens (including phenoxy) is 1. The number of nitrogens with one attached hydrogen (secondary N) is 2. The van der Waals surface area contributed by atoms with Gasteiger partial charge in [0.1, 0.15) is 5.76 Å². The average Bonchev–Trinajstić information content (AvgIpc) is 2.73. The summed E-state index contributed by atoms with van der Waals surface area (Å²) in [5.74, 6) is 1.23. The molecule has 0 bridgehead atoms. The van der Waals surface area contributed by atoms with E-state index in [0.717, 1.165) is 16.1 Å². The molecule has 0 aliphatic carbocycles. The molecular formula is C24H30N2O3S. The predicted molar refractivity (Wildman–Crippen MR) is 124 cm³/mol. The lowest BCUT2D eigenvalue weighted by atomic mass is 9.95. The van der Waals surface area contributed by atoms with Crippen molar-refractivity contribution in [2.24, 2.45) is 5.41 Å². The third-order valence-corrected chi connectivity index (χ3v) is 5.55. The summed E-state index contributed by atoms with van der Waals surface area (Å²) in [6, 6.07) is 15.3. The van der Waals surface area contributed by atoms with Gasteiger partial charge in [0.05, 0.1) is 19.3 Å². The van der Waals surface area contributed by atoms with Crippen molar-refractivity contribution >= 4 is 29.3 Å². The van der Waals surface area contributed by atoms with Gasteiger partial charge >= 0.3 is 0 Å². The number of rotatable bonds is 8. The van der Waals surface area contributed by atoms with Crippen LogP contribution in [0.4, 0.5) is 5.69 Å². The van der Waals surface area contributed by atoms with E-state index < -0.39 is 5.41 Å². The number of carbonyl (C=O) groups is 2. The molecule has 0 aliphatic rings. The summed E-state index contributed by atoms with van der Waals surface area (Å²) in [6.45, 7) is 7.89. The summed E-state index contributed by atoms with van der Waals surface area (Å²) in [4.78, 5) is 25.8. The minimum Gasteiger partial charge on any atom is -0.500 e. The molecule has 2 amide bonds. The van der Waals surface area contributed by atoms with Crippen molar-refractivity contribution in [3.8, 4) is 0 Å². The smallest absolute Gasteiger partial charge is 0.251 e. The fraction of sp³-hybridized carbons (Fsp3) is 0.333. The van der Waals surface area contributed by atoms with E-state index in [2.05, 4.69) is 10.6 Å². The van der Waals surface area contributed by atoms with Crippen molar-refractivity contribution < 1.29 is 14.3 Å². The highest BCUT2D eigenvalue weighted by Crippen LogP contribution is 2.31. The Bertz CT molecular complexity index is 917. The minimum absolute atomic E-state index is 0.0224. The molecule has 160 valence electrons. The second-order valence-corrected chi connectivity index (χ2v) is 8.85. The lowest BCUT2D eigenvalue weighted by Gasteiger charge is -2.19. The van der Waals surface area contributed by atoms with Crippen molar-refractivity contribution in [1.29, 1.82) is 0 Å². The normalized spacial score (nSPS) is 11.7. The number of hydrogen-bond acceptors (Lipinski definition) is 4. The summed E-state index contributed by atoms with van der Waals surface area (Å²) in [6.07, 6.45) is 1.82.